The van der Waals surface area contributed by atoms with Gasteiger partial charge < -0.3 is 9.55 Å². The summed E-state index contributed by atoms with van der Waals surface area (Å²) in [5, 5.41) is 0. The van der Waals surface area contributed by atoms with E-state index >= 15 is 0 Å². The summed E-state index contributed by atoms with van der Waals surface area (Å²) in [5.41, 5.74) is 8.02. The van der Waals surface area contributed by atoms with E-state index in [0.29, 0.717) is 17.3 Å². The van der Waals surface area contributed by atoms with Crippen LogP contribution >= 0.6 is 0 Å². The van der Waals surface area contributed by atoms with Gasteiger partial charge in [0.2, 0.25) is 0 Å². The van der Waals surface area contributed by atoms with Crippen molar-refractivity contribution >= 4 is 11.8 Å². The smallest absolute Gasteiger partial charge is 0.286 e. The number of aromatic amines is 1. The number of nitrogens with one attached hydrogen (secondary N) is 3. The van der Waals surface area contributed by atoms with Gasteiger partial charge >= 0.3 is 0 Å². The minimum atomic E-state index is -0.366. The lowest BCUT2D eigenvalue weighted by molar-refractivity contribution is 0.0843. The van der Waals surface area contributed by atoms with E-state index in [1.165, 1.54) is 32.1 Å². The van der Waals surface area contributed by atoms with Crippen LogP contribution in [-0.2, 0) is 0 Å². The van der Waals surface area contributed by atoms with Gasteiger partial charge in [-0.05, 0) is 44.9 Å². The molecule has 1 aliphatic carbocycles. The van der Waals surface area contributed by atoms with Crippen LogP contribution in [0.5, 0.6) is 0 Å². The maximum Gasteiger partial charge on any atom is 0.286 e. The van der Waals surface area contributed by atoms with Crippen LogP contribution in [0.25, 0.3) is 0 Å². The van der Waals surface area contributed by atoms with Crippen LogP contribution in [0.3, 0.4) is 0 Å². The van der Waals surface area contributed by atoms with E-state index in [1.54, 1.807) is 18.3 Å². The maximum atomic E-state index is 12.4. The van der Waals surface area contributed by atoms with Crippen molar-refractivity contribution in [3.8, 4) is 0 Å². The fourth-order valence-corrected chi connectivity index (χ4v) is 3.63. The molecule has 6 nitrogen and oxygen atoms in total. The number of carbonyl (C=O) groups is 2. The van der Waals surface area contributed by atoms with Crippen LogP contribution in [0, 0.1) is 13.8 Å². The topological polar surface area (TPSA) is 78.9 Å². The molecule has 6 heteroatoms. The maximum absolute atomic E-state index is 12.4. The molecule has 1 saturated carbocycles. The zero-order valence-electron chi connectivity index (χ0n) is 14.2. The number of rotatable bonds is 3. The second-order valence-electron chi connectivity index (χ2n) is 6.44. The van der Waals surface area contributed by atoms with E-state index in [-0.39, 0.29) is 11.8 Å². The summed E-state index contributed by atoms with van der Waals surface area (Å²) in [5.74, 6) is -0.653. The Bertz CT molecular complexity index is 725. The molecule has 0 saturated heterocycles. The highest BCUT2D eigenvalue weighted by Crippen LogP contribution is 2.32. The molecule has 0 aromatic carbocycles. The van der Waals surface area contributed by atoms with Crippen LogP contribution in [0.4, 0.5) is 0 Å². The molecule has 0 atom stereocenters. The number of hydrogen-bond donors (Lipinski definition) is 3. The van der Waals surface area contributed by atoms with E-state index in [0.717, 1.165) is 11.4 Å². The first-order chi connectivity index (χ1) is 11.6. The van der Waals surface area contributed by atoms with E-state index in [4.69, 9.17) is 0 Å². The molecule has 2 aromatic heterocycles. The molecule has 24 heavy (non-hydrogen) atoms. The van der Waals surface area contributed by atoms with Crippen molar-refractivity contribution in [3.63, 3.8) is 0 Å². The predicted molar refractivity (Wildman–Crippen MR) is 91.8 cm³/mol. The van der Waals surface area contributed by atoms with E-state index in [1.807, 2.05) is 19.9 Å². The molecule has 128 valence electrons. The van der Waals surface area contributed by atoms with Gasteiger partial charge in [0.25, 0.3) is 11.8 Å². The van der Waals surface area contributed by atoms with Crippen molar-refractivity contribution in [1.29, 1.82) is 0 Å². The van der Waals surface area contributed by atoms with Crippen LogP contribution in [0.15, 0.2) is 24.4 Å². The molecule has 3 N–H and O–H groups in total. The minimum absolute atomic E-state index is 0.287. The summed E-state index contributed by atoms with van der Waals surface area (Å²) in [6.45, 7) is 4.01. The molecule has 0 spiro atoms. The van der Waals surface area contributed by atoms with Gasteiger partial charge in [-0.3, -0.25) is 20.4 Å². The Morgan fingerprint density at radius 1 is 1.12 bits per heavy atom. The number of amides is 2. The first kappa shape index (κ1) is 16.4. The van der Waals surface area contributed by atoms with E-state index in [9.17, 15) is 9.59 Å². The largest absolute Gasteiger partial charge is 0.357 e. The molecule has 3 rings (SSSR count). The molecular formula is C18H24N4O2. The SMILES string of the molecule is Cc1cc(C(=O)NNC(=O)c2ccc[nH]2)c(C)n1C1CCCCC1. The molecule has 0 unspecified atom stereocenters. The summed E-state index contributed by atoms with van der Waals surface area (Å²) in [7, 11) is 0. The molecule has 0 radical (unpaired) electrons. The third-order valence-corrected chi connectivity index (χ3v) is 4.80. The monoisotopic (exact) mass is 328 g/mol. The lowest BCUT2D eigenvalue weighted by Gasteiger charge is -2.26. The van der Waals surface area contributed by atoms with Gasteiger partial charge in [-0.25, -0.2) is 0 Å². The number of aromatic nitrogens is 2. The highest BCUT2D eigenvalue weighted by Gasteiger charge is 2.22. The first-order valence-corrected chi connectivity index (χ1v) is 8.50. The second kappa shape index (κ2) is 6.95. The Hall–Kier alpha value is -2.50. The Kier molecular flexibility index (Phi) is 4.74. The van der Waals surface area contributed by atoms with Crippen molar-refractivity contribution in [2.45, 2.75) is 52.0 Å². The zero-order chi connectivity index (χ0) is 17.1. The van der Waals surface area contributed by atoms with Gasteiger partial charge in [-0.15, -0.1) is 0 Å². The molecule has 0 aliphatic heterocycles. The summed E-state index contributed by atoms with van der Waals surface area (Å²) in [6.07, 6.45) is 7.79. The molecule has 2 heterocycles. The van der Waals surface area contributed by atoms with Gasteiger partial charge in [-0.1, -0.05) is 19.3 Å². The average molecular weight is 328 g/mol. The van der Waals surface area contributed by atoms with Crippen molar-refractivity contribution < 1.29 is 9.59 Å². The average Bonchev–Trinajstić information content (AvgIpc) is 3.21. The Labute approximate surface area is 141 Å². The summed E-state index contributed by atoms with van der Waals surface area (Å²) in [6, 6.07) is 5.76. The quantitative estimate of drug-likeness (QED) is 0.757. The normalized spacial score (nSPS) is 15.2. The van der Waals surface area contributed by atoms with Gasteiger partial charge in [0.05, 0.1) is 5.56 Å². The molecule has 2 amide bonds. The summed E-state index contributed by atoms with van der Waals surface area (Å²) in [4.78, 5) is 27.1. The number of carbonyl (C=O) groups excluding carboxylic acids is 2. The van der Waals surface area contributed by atoms with Gasteiger partial charge in [0, 0.05) is 23.6 Å². The summed E-state index contributed by atoms with van der Waals surface area (Å²) >= 11 is 0. The predicted octanol–water partition coefficient (Wildman–Crippen LogP) is 3.01. The van der Waals surface area contributed by atoms with Gasteiger partial charge in [0.1, 0.15) is 5.69 Å². The van der Waals surface area contributed by atoms with Gasteiger partial charge in [-0.2, -0.15) is 0 Å². The Morgan fingerprint density at radius 3 is 2.50 bits per heavy atom. The molecular weight excluding hydrogens is 304 g/mol. The van der Waals surface area contributed by atoms with Crippen LogP contribution in [0.2, 0.25) is 0 Å². The standard InChI is InChI=1S/C18H24N4O2/c1-12-11-15(13(2)22(12)14-7-4-3-5-8-14)17(23)20-21-18(24)16-9-6-10-19-16/h6,9-11,14,19H,3-5,7-8H2,1-2H3,(H,20,23)(H,21,24). The van der Waals surface area contributed by atoms with E-state index in [2.05, 4.69) is 20.4 Å². The molecule has 1 fully saturated rings. The van der Waals surface area contributed by atoms with E-state index < -0.39 is 0 Å². The lowest BCUT2D eigenvalue weighted by atomic mass is 9.95. The van der Waals surface area contributed by atoms with Crippen molar-refractivity contribution in [3.05, 3.63) is 47.0 Å². The van der Waals surface area contributed by atoms with Crippen LogP contribution < -0.4 is 10.9 Å². The highest BCUT2D eigenvalue weighted by atomic mass is 16.2. The van der Waals surface area contributed by atoms with Crippen molar-refractivity contribution in [2.24, 2.45) is 0 Å². The first-order valence-electron chi connectivity index (χ1n) is 8.50. The summed E-state index contributed by atoms with van der Waals surface area (Å²) < 4.78 is 2.28. The number of hydrazine groups is 1. The number of H-pyrrole nitrogens is 1. The number of nitrogens with zero attached hydrogens (tertiary/aromatic N) is 1. The Morgan fingerprint density at radius 2 is 1.83 bits per heavy atom. The molecule has 2 aromatic rings. The number of aryl methyl sites for hydroxylation is 1. The molecule has 1 aliphatic rings. The fraction of sp³-hybridized carbons (Fsp3) is 0.444. The second-order valence-corrected chi connectivity index (χ2v) is 6.44. The number of hydrogen-bond acceptors (Lipinski definition) is 2. The van der Waals surface area contributed by atoms with Gasteiger partial charge in [0.15, 0.2) is 0 Å². The minimum Gasteiger partial charge on any atom is -0.357 e. The van der Waals surface area contributed by atoms with Crippen molar-refractivity contribution in [1.82, 2.24) is 20.4 Å². The zero-order valence-corrected chi connectivity index (χ0v) is 14.2. The third kappa shape index (κ3) is 3.22. The fourth-order valence-electron chi connectivity index (χ4n) is 3.63. The third-order valence-electron chi connectivity index (χ3n) is 4.80. The Balaban J connectivity index is 1.70. The van der Waals surface area contributed by atoms with Crippen molar-refractivity contribution in [2.75, 3.05) is 0 Å². The highest BCUT2D eigenvalue weighted by molar-refractivity contribution is 5.99. The lowest BCUT2D eigenvalue weighted by Crippen LogP contribution is -2.41. The molecule has 0 bridgehead atoms. The van der Waals surface area contributed by atoms with Crippen LogP contribution in [-0.4, -0.2) is 21.4 Å². The van der Waals surface area contributed by atoms with Crippen LogP contribution in [0.1, 0.15) is 70.4 Å².